The third-order valence-electron chi connectivity index (χ3n) is 1.75. The average Bonchev–Trinajstić information content (AvgIpc) is 2.38. The fraction of sp³-hybridized carbons (Fsp3) is 0.625. The van der Waals surface area contributed by atoms with Crippen LogP contribution in [0.15, 0.2) is 11.5 Å². The summed E-state index contributed by atoms with van der Waals surface area (Å²) in [6.45, 7) is 4.63. The summed E-state index contributed by atoms with van der Waals surface area (Å²) in [4.78, 5) is 11.4. The number of carbonyl (C=O) groups excluding carboxylic acids is 1. The van der Waals surface area contributed by atoms with Gasteiger partial charge in [0.15, 0.2) is 0 Å². The van der Waals surface area contributed by atoms with Crippen LogP contribution in [0.25, 0.3) is 0 Å². The molecule has 0 saturated carbocycles. The molecule has 1 heterocycles. The molecule has 0 aromatic rings. The molecule has 1 rings (SSSR count). The second-order valence-corrected chi connectivity index (χ2v) is 4.19. The van der Waals surface area contributed by atoms with Gasteiger partial charge in [0.05, 0.1) is 4.75 Å². The molecule has 0 spiro atoms. The number of allylic oxidation sites excluding steroid dienone is 1. The van der Waals surface area contributed by atoms with Crippen molar-refractivity contribution in [2.45, 2.75) is 25.0 Å². The van der Waals surface area contributed by atoms with Crippen LogP contribution in [0.4, 0.5) is 0 Å². The zero-order valence-electron chi connectivity index (χ0n) is 6.89. The summed E-state index contributed by atoms with van der Waals surface area (Å²) in [5, 5.41) is 4.82. The molecule has 1 atom stereocenters. The van der Waals surface area contributed by atoms with E-state index >= 15 is 0 Å². The van der Waals surface area contributed by atoms with Crippen LogP contribution in [0.2, 0.25) is 0 Å². The molecular formula is C8H13NOS. The maximum absolute atomic E-state index is 11.4. The van der Waals surface area contributed by atoms with Crippen molar-refractivity contribution >= 4 is 17.7 Å². The van der Waals surface area contributed by atoms with E-state index in [9.17, 15) is 4.79 Å². The number of hydrogen-bond acceptors (Lipinski definition) is 2. The Morgan fingerprint density at radius 3 is 3.00 bits per heavy atom. The van der Waals surface area contributed by atoms with Crippen LogP contribution in [-0.4, -0.2) is 17.2 Å². The number of amides is 1. The van der Waals surface area contributed by atoms with Crippen LogP contribution in [-0.2, 0) is 4.79 Å². The van der Waals surface area contributed by atoms with E-state index in [2.05, 4.69) is 5.32 Å². The molecular weight excluding hydrogens is 158 g/mol. The van der Waals surface area contributed by atoms with Crippen LogP contribution in [0.5, 0.6) is 0 Å². The minimum absolute atomic E-state index is 0.148. The highest BCUT2D eigenvalue weighted by Gasteiger charge is 2.33. The Bertz CT molecular complexity index is 181. The maximum atomic E-state index is 11.4. The monoisotopic (exact) mass is 171 g/mol. The van der Waals surface area contributed by atoms with E-state index < -0.39 is 0 Å². The van der Waals surface area contributed by atoms with Gasteiger partial charge in [-0.2, -0.15) is 0 Å². The van der Waals surface area contributed by atoms with Crippen LogP contribution >= 0.6 is 11.8 Å². The molecule has 1 N–H and O–H groups in total. The summed E-state index contributed by atoms with van der Waals surface area (Å²) >= 11 is 1.60. The van der Waals surface area contributed by atoms with Gasteiger partial charge in [0.1, 0.15) is 0 Å². The second kappa shape index (κ2) is 3.30. The number of carbonyl (C=O) groups is 1. The number of thioether (sulfide) groups is 1. The van der Waals surface area contributed by atoms with Crippen LogP contribution in [0, 0.1) is 0 Å². The van der Waals surface area contributed by atoms with Crippen molar-refractivity contribution in [3.63, 3.8) is 0 Å². The Labute approximate surface area is 71.4 Å². The predicted octanol–water partition coefficient (Wildman–Crippen LogP) is 1.53. The molecule has 1 amide bonds. The standard InChI is InChI=1S/C8H13NOS/c1-3-9-7(10)8(2)5-4-6-11-8/h4,6H,3,5H2,1-2H3,(H,9,10). The molecule has 0 radical (unpaired) electrons. The minimum atomic E-state index is -0.240. The lowest BCUT2D eigenvalue weighted by Gasteiger charge is -2.20. The predicted molar refractivity (Wildman–Crippen MR) is 48.4 cm³/mol. The Morgan fingerprint density at radius 2 is 2.55 bits per heavy atom. The lowest BCUT2D eigenvalue weighted by molar-refractivity contribution is -0.122. The maximum Gasteiger partial charge on any atom is 0.236 e. The highest BCUT2D eigenvalue weighted by atomic mass is 32.2. The lowest BCUT2D eigenvalue weighted by atomic mass is 10.1. The van der Waals surface area contributed by atoms with Crippen molar-refractivity contribution in [2.75, 3.05) is 6.54 Å². The molecule has 11 heavy (non-hydrogen) atoms. The van der Waals surface area contributed by atoms with Gasteiger partial charge in [-0.05, 0) is 25.7 Å². The summed E-state index contributed by atoms with van der Waals surface area (Å²) in [6, 6.07) is 0. The Morgan fingerprint density at radius 1 is 1.82 bits per heavy atom. The van der Waals surface area contributed by atoms with Gasteiger partial charge in [0.2, 0.25) is 5.91 Å². The zero-order chi connectivity index (χ0) is 8.32. The van der Waals surface area contributed by atoms with E-state index in [4.69, 9.17) is 0 Å². The van der Waals surface area contributed by atoms with Gasteiger partial charge in [-0.15, -0.1) is 11.8 Å². The molecule has 0 bridgehead atoms. The van der Waals surface area contributed by atoms with Crippen molar-refractivity contribution in [1.82, 2.24) is 5.32 Å². The number of nitrogens with one attached hydrogen (secondary N) is 1. The molecule has 0 saturated heterocycles. The third-order valence-corrected chi connectivity index (χ3v) is 2.95. The Balaban J connectivity index is 2.51. The van der Waals surface area contributed by atoms with Crippen molar-refractivity contribution < 1.29 is 4.79 Å². The van der Waals surface area contributed by atoms with Gasteiger partial charge in [-0.25, -0.2) is 0 Å². The summed E-state index contributed by atoms with van der Waals surface area (Å²) in [5.74, 6) is 0.148. The second-order valence-electron chi connectivity index (χ2n) is 2.78. The lowest BCUT2D eigenvalue weighted by Crippen LogP contribution is -2.40. The van der Waals surface area contributed by atoms with Crippen LogP contribution < -0.4 is 5.32 Å². The van der Waals surface area contributed by atoms with Gasteiger partial charge in [-0.1, -0.05) is 6.08 Å². The smallest absolute Gasteiger partial charge is 0.236 e. The SMILES string of the molecule is CCNC(=O)C1(C)CC=CS1. The highest BCUT2D eigenvalue weighted by molar-refractivity contribution is 8.04. The molecule has 62 valence electrons. The Kier molecular flexibility index (Phi) is 2.60. The molecule has 2 nitrogen and oxygen atoms in total. The van der Waals surface area contributed by atoms with E-state index in [0.29, 0.717) is 0 Å². The highest BCUT2D eigenvalue weighted by Crippen LogP contribution is 2.35. The first kappa shape index (κ1) is 8.65. The molecule has 3 heteroatoms. The molecule has 1 aliphatic heterocycles. The first-order valence-corrected chi connectivity index (χ1v) is 4.68. The molecule has 1 aliphatic rings. The number of hydrogen-bond donors (Lipinski definition) is 1. The fourth-order valence-electron chi connectivity index (χ4n) is 1.01. The first-order chi connectivity index (χ1) is 5.19. The molecule has 0 aliphatic carbocycles. The average molecular weight is 171 g/mol. The first-order valence-electron chi connectivity index (χ1n) is 3.80. The number of rotatable bonds is 2. The van der Waals surface area contributed by atoms with E-state index in [1.54, 1.807) is 11.8 Å². The van der Waals surface area contributed by atoms with E-state index in [-0.39, 0.29) is 10.7 Å². The Hall–Kier alpha value is -0.440. The molecule has 1 unspecified atom stereocenters. The zero-order valence-corrected chi connectivity index (χ0v) is 7.70. The summed E-state index contributed by atoms with van der Waals surface area (Å²) in [7, 11) is 0. The van der Waals surface area contributed by atoms with Crippen LogP contribution in [0.1, 0.15) is 20.3 Å². The molecule has 0 fully saturated rings. The van der Waals surface area contributed by atoms with E-state index in [0.717, 1.165) is 13.0 Å². The van der Waals surface area contributed by atoms with Crippen molar-refractivity contribution in [3.8, 4) is 0 Å². The quantitative estimate of drug-likeness (QED) is 0.682. The van der Waals surface area contributed by atoms with Gasteiger partial charge in [0.25, 0.3) is 0 Å². The minimum Gasteiger partial charge on any atom is -0.355 e. The van der Waals surface area contributed by atoms with Gasteiger partial charge >= 0.3 is 0 Å². The molecule has 0 aromatic carbocycles. The van der Waals surface area contributed by atoms with Crippen molar-refractivity contribution in [2.24, 2.45) is 0 Å². The summed E-state index contributed by atoms with van der Waals surface area (Å²) in [5.41, 5.74) is 0. The summed E-state index contributed by atoms with van der Waals surface area (Å²) < 4.78 is -0.240. The molecule has 0 aromatic heterocycles. The topological polar surface area (TPSA) is 29.1 Å². The fourth-order valence-corrected chi connectivity index (χ4v) is 1.88. The van der Waals surface area contributed by atoms with Crippen molar-refractivity contribution in [1.29, 1.82) is 0 Å². The largest absolute Gasteiger partial charge is 0.355 e. The normalized spacial score (nSPS) is 28.9. The van der Waals surface area contributed by atoms with Gasteiger partial charge in [0, 0.05) is 6.54 Å². The van der Waals surface area contributed by atoms with Gasteiger partial charge in [-0.3, -0.25) is 4.79 Å². The summed E-state index contributed by atoms with van der Waals surface area (Å²) in [6.07, 6.45) is 2.89. The van der Waals surface area contributed by atoms with E-state index in [1.807, 2.05) is 25.3 Å². The third kappa shape index (κ3) is 1.77. The van der Waals surface area contributed by atoms with Gasteiger partial charge < -0.3 is 5.32 Å². The van der Waals surface area contributed by atoms with Crippen LogP contribution in [0.3, 0.4) is 0 Å². The van der Waals surface area contributed by atoms with E-state index in [1.165, 1.54) is 0 Å². The van der Waals surface area contributed by atoms with Crippen molar-refractivity contribution in [3.05, 3.63) is 11.5 Å².